The molecule has 48 valence electrons. The summed E-state index contributed by atoms with van der Waals surface area (Å²) < 4.78 is 0. The molecule has 1 aliphatic rings. The maximum Gasteiger partial charge on any atom is 0.0897 e. The van der Waals surface area contributed by atoms with Crippen LogP contribution in [0.3, 0.4) is 0 Å². The Bertz CT molecular complexity index is 101. The van der Waals surface area contributed by atoms with Crippen molar-refractivity contribution in [1.29, 1.82) is 0 Å². The van der Waals surface area contributed by atoms with Gasteiger partial charge in [0.15, 0.2) is 0 Å². The number of likely N-dealkylation sites (tertiary alicyclic amines) is 1. The lowest BCUT2D eigenvalue weighted by Gasteiger charge is -2.49. The Balaban J connectivity index is 2.47. The zero-order valence-corrected chi connectivity index (χ0v) is 5.68. The van der Waals surface area contributed by atoms with E-state index in [1.807, 2.05) is 20.9 Å². The molecular formula is C6H13NO. The van der Waals surface area contributed by atoms with E-state index in [4.69, 9.17) is 0 Å². The molecule has 0 saturated carbocycles. The Kier molecular flexibility index (Phi) is 1.10. The minimum atomic E-state index is -0.422. The van der Waals surface area contributed by atoms with Crippen LogP contribution in [0.2, 0.25) is 0 Å². The first-order valence-electron chi connectivity index (χ1n) is 2.96. The second-order valence-electron chi connectivity index (χ2n) is 2.95. The second kappa shape index (κ2) is 1.45. The van der Waals surface area contributed by atoms with Crippen molar-refractivity contribution in [3.63, 3.8) is 0 Å². The van der Waals surface area contributed by atoms with Gasteiger partial charge in [0.2, 0.25) is 0 Å². The number of β-amino-alcohol motifs (C(OH)–C–C–N with tert-alkyl or cyclic N) is 1. The summed E-state index contributed by atoms with van der Waals surface area (Å²) in [7, 11) is 2.02. The SMILES string of the molecule is C[C@@H]1N(C)C[C@]1(C)O. The van der Waals surface area contributed by atoms with Crippen molar-refractivity contribution in [2.75, 3.05) is 13.6 Å². The molecule has 0 aromatic rings. The van der Waals surface area contributed by atoms with Crippen molar-refractivity contribution >= 4 is 0 Å². The molecule has 1 rings (SSSR count). The number of hydrogen-bond acceptors (Lipinski definition) is 2. The van der Waals surface area contributed by atoms with Gasteiger partial charge in [-0.1, -0.05) is 0 Å². The van der Waals surface area contributed by atoms with Crippen LogP contribution in [0.4, 0.5) is 0 Å². The molecule has 0 spiro atoms. The van der Waals surface area contributed by atoms with E-state index in [-0.39, 0.29) is 0 Å². The summed E-state index contributed by atoms with van der Waals surface area (Å²) in [6.07, 6.45) is 0. The monoisotopic (exact) mass is 115 g/mol. The van der Waals surface area contributed by atoms with Gasteiger partial charge in [-0.05, 0) is 20.9 Å². The van der Waals surface area contributed by atoms with E-state index >= 15 is 0 Å². The number of hydrogen-bond donors (Lipinski definition) is 1. The lowest BCUT2D eigenvalue weighted by molar-refractivity contribution is -0.119. The Morgan fingerprint density at radius 2 is 2.25 bits per heavy atom. The van der Waals surface area contributed by atoms with Crippen LogP contribution in [-0.2, 0) is 0 Å². The summed E-state index contributed by atoms with van der Waals surface area (Å²) in [5, 5.41) is 9.31. The van der Waals surface area contributed by atoms with Gasteiger partial charge >= 0.3 is 0 Å². The first-order valence-corrected chi connectivity index (χ1v) is 2.96. The molecule has 2 nitrogen and oxygen atoms in total. The lowest BCUT2D eigenvalue weighted by atomic mass is 9.88. The Hall–Kier alpha value is -0.0800. The van der Waals surface area contributed by atoms with Crippen molar-refractivity contribution in [2.24, 2.45) is 0 Å². The second-order valence-corrected chi connectivity index (χ2v) is 2.95. The molecular weight excluding hydrogens is 102 g/mol. The van der Waals surface area contributed by atoms with Crippen molar-refractivity contribution in [2.45, 2.75) is 25.5 Å². The molecule has 0 radical (unpaired) electrons. The topological polar surface area (TPSA) is 23.5 Å². The summed E-state index contributed by atoms with van der Waals surface area (Å²) in [6.45, 7) is 4.72. The average Bonchev–Trinajstić information content (AvgIpc) is 1.65. The van der Waals surface area contributed by atoms with Gasteiger partial charge in [-0.25, -0.2) is 0 Å². The highest BCUT2D eigenvalue weighted by Crippen LogP contribution is 2.25. The molecule has 0 aromatic carbocycles. The average molecular weight is 115 g/mol. The summed E-state index contributed by atoms with van der Waals surface area (Å²) in [4.78, 5) is 2.12. The number of aliphatic hydroxyl groups is 1. The van der Waals surface area contributed by atoms with Crippen LogP contribution in [0.15, 0.2) is 0 Å². The summed E-state index contributed by atoms with van der Waals surface area (Å²) >= 11 is 0. The molecule has 8 heavy (non-hydrogen) atoms. The summed E-state index contributed by atoms with van der Waals surface area (Å²) in [5.74, 6) is 0. The zero-order chi connectivity index (χ0) is 6.36. The third kappa shape index (κ3) is 0.644. The Labute approximate surface area is 50.1 Å². The summed E-state index contributed by atoms with van der Waals surface area (Å²) in [5.41, 5.74) is -0.422. The van der Waals surface area contributed by atoms with E-state index in [0.717, 1.165) is 6.54 Å². The molecule has 0 unspecified atom stereocenters. The van der Waals surface area contributed by atoms with Crippen LogP contribution in [-0.4, -0.2) is 35.2 Å². The molecule has 1 N–H and O–H groups in total. The molecule has 2 heteroatoms. The highest BCUT2D eigenvalue weighted by Gasteiger charge is 2.42. The van der Waals surface area contributed by atoms with E-state index in [9.17, 15) is 5.11 Å². The normalized spacial score (nSPS) is 48.8. The molecule has 0 aromatic heterocycles. The van der Waals surface area contributed by atoms with Crippen LogP contribution >= 0.6 is 0 Å². The van der Waals surface area contributed by atoms with Crippen LogP contribution in [0.1, 0.15) is 13.8 Å². The first kappa shape index (κ1) is 6.05. The van der Waals surface area contributed by atoms with Gasteiger partial charge in [0.05, 0.1) is 5.60 Å². The van der Waals surface area contributed by atoms with Gasteiger partial charge < -0.3 is 5.11 Å². The van der Waals surface area contributed by atoms with E-state index in [2.05, 4.69) is 4.90 Å². The predicted molar refractivity (Wildman–Crippen MR) is 32.7 cm³/mol. The smallest absolute Gasteiger partial charge is 0.0897 e. The maximum absolute atomic E-state index is 9.31. The standard InChI is InChI=1S/C6H13NO/c1-5-6(2,8)4-7(5)3/h5,8H,4H2,1-3H3/t5-,6-/m0/s1. The molecule has 1 fully saturated rings. The molecule has 1 saturated heterocycles. The Morgan fingerprint density at radius 3 is 2.25 bits per heavy atom. The fourth-order valence-electron chi connectivity index (χ4n) is 1.14. The first-order chi connectivity index (χ1) is 3.54. The fraction of sp³-hybridized carbons (Fsp3) is 1.00. The van der Waals surface area contributed by atoms with E-state index in [1.54, 1.807) is 0 Å². The largest absolute Gasteiger partial charge is 0.387 e. The third-order valence-electron chi connectivity index (χ3n) is 2.13. The number of likely N-dealkylation sites (N-methyl/N-ethyl adjacent to an activating group) is 1. The van der Waals surface area contributed by atoms with Crippen molar-refractivity contribution in [1.82, 2.24) is 4.90 Å². The van der Waals surface area contributed by atoms with E-state index < -0.39 is 5.60 Å². The molecule has 1 heterocycles. The molecule has 0 bridgehead atoms. The Morgan fingerprint density at radius 1 is 1.75 bits per heavy atom. The third-order valence-corrected chi connectivity index (χ3v) is 2.13. The van der Waals surface area contributed by atoms with E-state index in [1.165, 1.54) is 0 Å². The zero-order valence-electron chi connectivity index (χ0n) is 5.68. The minimum Gasteiger partial charge on any atom is -0.387 e. The van der Waals surface area contributed by atoms with Gasteiger partial charge in [0.25, 0.3) is 0 Å². The minimum absolute atomic E-state index is 0.336. The summed E-state index contributed by atoms with van der Waals surface area (Å²) in [6, 6.07) is 0.336. The molecule has 0 aliphatic carbocycles. The highest BCUT2D eigenvalue weighted by molar-refractivity contribution is 4.97. The van der Waals surface area contributed by atoms with Crippen molar-refractivity contribution in [3.05, 3.63) is 0 Å². The van der Waals surface area contributed by atoms with Crippen molar-refractivity contribution in [3.8, 4) is 0 Å². The fourth-order valence-corrected chi connectivity index (χ4v) is 1.14. The number of rotatable bonds is 0. The highest BCUT2D eigenvalue weighted by atomic mass is 16.3. The van der Waals surface area contributed by atoms with Crippen LogP contribution < -0.4 is 0 Å². The van der Waals surface area contributed by atoms with Gasteiger partial charge in [0, 0.05) is 12.6 Å². The molecule has 0 amide bonds. The van der Waals surface area contributed by atoms with Crippen molar-refractivity contribution < 1.29 is 5.11 Å². The number of nitrogens with zero attached hydrogens (tertiary/aromatic N) is 1. The van der Waals surface area contributed by atoms with Gasteiger partial charge in [-0.3, -0.25) is 4.90 Å². The maximum atomic E-state index is 9.31. The predicted octanol–water partition coefficient (Wildman–Crippen LogP) is 0.0713. The molecule has 2 atom stereocenters. The quantitative estimate of drug-likeness (QED) is 0.483. The van der Waals surface area contributed by atoms with Crippen LogP contribution in [0, 0.1) is 0 Å². The molecule has 1 aliphatic heterocycles. The van der Waals surface area contributed by atoms with Gasteiger partial charge in [-0.2, -0.15) is 0 Å². The van der Waals surface area contributed by atoms with E-state index in [0.29, 0.717) is 6.04 Å². The lowest BCUT2D eigenvalue weighted by Crippen LogP contribution is -2.64. The van der Waals surface area contributed by atoms with Crippen LogP contribution in [0.25, 0.3) is 0 Å². The van der Waals surface area contributed by atoms with Gasteiger partial charge in [0.1, 0.15) is 0 Å². The van der Waals surface area contributed by atoms with Gasteiger partial charge in [-0.15, -0.1) is 0 Å². The van der Waals surface area contributed by atoms with Crippen LogP contribution in [0.5, 0.6) is 0 Å².